The van der Waals surface area contributed by atoms with Crippen LogP contribution in [-0.4, -0.2) is 49.1 Å². The van der Waals surface area contributed by atoms with E-state index in [4.69, 9.17) is 9.47 Å². The lowest BCUT2D eigenvalue weighted by Crippen LogP contribution is -2.31. The van der Waals surface area contributed by atoms with E-state index in [-0.39, 0.29) is 12.6 Å². The number of halogens is 1. The van der Waals surface area contributed by atoms with Crippen LogP contribution < -0.4 is 9.47 Å². The molecule has 1 aliphatic heterocycles. The Morgan fingerprint density at radius 2 is 2.19 bits per heavy atom. The average Bonchev–Trinajstić information content (AvgIpc) is 2.85. The van der Waals surface area contributed by atoms with Crippen molar-refractivity contribution in [3.63, 3.8) is 0 Å². The van der Waals surface area contributed by atoms with Gasteiger partial charge >= 0.3 is 0 Å². The van der Waals surface area contributed by atoms with Crippen LogP contribution in [0.5, 0.6) is 11.5 Å². The molecule has 1 N–H and O–H groups in total. The van der Waals surface area contributed by atoms with Gasteiger partial charge in [0, 0.05) is 19.1 Å². The van der Waals surface area contributed by atoms with Gasteiger partial charge in [0.05, 0.1) is 20.3 Å². The molecule has 5 heteroatoms. The topological polar surface area (TPSA) is 41.9 Å². The summed E-state index contributed by atoms with van der Waals surface area (Å²) in [6.45, 7) is 3.67. The van der Waals surface area contributed by atoms with Gasteiger partial charge in [0.2, 0.25) is 0 Å². The first kappa shape index (κ1) is 16.0. The second-order valence-corrected chi connectivity index (χ2v) is 5.43. The van der Waals surface area contributed by atoms with Gasteiger partial charge in [-0.15, -0.1) is 0 Å². The SMILES string of the molecule is CCCOc1cc(CN2CC(F)CC2CO)ccc1OC. The zero-order valence-electron chi connectivity index (χ0n) is 12.7. The van der Waals surface area contributed by atoms with Crippen LogP contribution in [-0.2, 0) is 6.54 Å². The van der Waals surface area contributed by atoms with E-state index in [1.54, 1.807) is 7.11 Å². The van der Waals surface area contributed by atoms with E-state index in [9.17, 15) is 9.50 Å². The molecule has 21 heavy (non-hydrogen) atoms. The van der Waals surface area contributed by atoms with Gasteiger partial charge in [-0.25, -0.2) is 4.39 Å². The predicted molar refractivity (Wildman–Crippen MR) is 79.6 cm³/mol. The quantitative estimate of drug-likeness (QED) is 0.839. The second kappa shape index (κ2) is 7.61. The van der Waals surface area contributed by atoms with Crippen molar-refractivity contribution in [1.82, 2.24) is 4.90 Å². The number of benzene rings is 1. The molecule has 1 fully saturated rings. The Morgan fingerprint density at radius 1 is 1.38 bits per heavy atom. The highest BCUT2D eigenvalue weighted by Crippen LogP contribution is 2.30. The van der Waals surface area contributed by atoms with Crippen molar-refractivity contribution < 1.29 is 19.0 Å². The van der Waals surface area contributed by atoms with Gasteiger partial charge in [0.15, 0.2) is 11.5 Å². The fraction of sp³-hybridized carbons (Fsp3) is 0.625. The molecule has 1 aromatic carbocycles. The number of alkyl halides is 1. The summed E-state index contributed by atoms with van der Waals surface area (Å²) in [5.74, 6) is 1.42. The summed E-state index contributed by atoms with van der Waals surface area (Å²) in [6.07, 6.45) is 0.484. The van der Waals surface area contributed by atoms with Gasteiger partial charge in [-0.1, -0.05) is 13.0 Å². The molecule has 0 spiro atoms. The van der Waals surface area contributed by atoms with Crippen molar-refractivity contribution in [2.45, 2.75) is 38.5 Å². The third kappa shape index (κ3) is 4.08. The first-order chi connectivity index (χ1) is 10.2. The second-order valence-electron chi connectivity index (χ2n) is 5.43. The zero-order chi connectivity index (χ0) is 15.2. The number of likely N-dealkylation sites (tertiary alicyclic amines) is 1. The first-order valence-corrected chi connectivity index (χ1v) is 7.46. The van der Waals surface area contributed by atoms with Crippen LogP contribution in [0.2, 0.25) is 0 Å². The van der Waals surface area contributed by atoms with Crippen LogP contribution in [0.15, 0.2) is 18.2 Å². The van der Waals surface area contributed by atoms with E-state index in [2.05, 4.69) is 0 Å². The largest absolute Gasteiger partial charge is 0.493 e. The van der Waals surface area contributed by atoms with Crippen LogP contribution in [0.1, 0.15) is 25.3 Å². The van der Waals surface area contributed by atoms with Crippen molar-refractivity contribution >= 4 is 0 Å². The molecule has 2 unspecified atom stereocenters. The Hall–Kier alpha value is -1.33. The minimum Gasteiger partial charge on any atom is -0.493 e. The van der Waals surface area contributed by atoms with Crippen molar-refractivity contribution in [3.05, 3.63) is 23.8 Å². The molecule has 4 nitrogen and oxygen atoms in total. The number of methoxy groups -OCH3 is 1. The highest BCUT2D eigenvalue weighted by atomic mass is 19.1. The number of aliphatic hydroxyl groups excluding tert-OH is 1. The normalized spacial score (nSPS) is 22.5. The van der Waals surface area contributed by atoms with E-state index in [1.165, 1.54) is 0 Å². The summed E-state index contributed by atoms with van der Waals surface area (Å²) in [5.41, 5.74) is 1.04. The Labute approximate surface area is 125 Å². The van der Waals surface area contributed by atoms with Gasteiger partial charge in [0.25, 0.3) is 0 Å². The molecule has 1 saturated heterocycles. The standard InChI is InChI=1S/C16H24FNO3/c1-3-6-21-16-7-12(4-5-15(16)20-2)9-18-10-13(17)8-14(18)11-19/h4-5,7,13-14,19H,3,6,8-11H2,1-2H3. The molecule has 2 rings (SSSR count). The van der Waals surface area contributed by atoms with Gasteiger partial charge in [-0.05, 0) is 30.5 Å². The van der Waals surface area contributed by atoms with E-state index >= 15 is 0 Å². The van der Waals surface area contributed by atoms with Gasteiger partial charge in [0.1, 0.15) is 6.17 Å². The highest BCUT2D eigenvalue weighted by Gasteiger charge is 2.31. The van der Waals surface area contributed by atoms with Crippen molar-refractivity contribution in [1.29, 1.82) is 0 Å². The third-order valence-corrected chi connectivity index (χ3v) is 3.76. The highest BCUT2D eigenvalue weighted by molar-refractivity contribution is 5.43. The molecule has 1 aromatic rings. The molecule has 0 bridgehead atoms. The van der Waals surface area contributed by atoms with Gasteiger partial charge in [-0.3, -0.25) is 4.90 Å². The van der Waals surface area contributed by atoms with Crippen LogP contribution in [0.4, 0.5) is 4.39 Å². The molecule has 0 aliphatic carbocycles. The fourth-order valence-corrected chi connectivity index (χ4v) is 2.68. The lowest BCUT2D eigenvalue weighted by atomic mass is 10.1. The van der Waals surface area contributed by atoms with Gasteiger partial charge in [-0.2, -0.15) is 0 Å². The van der Waals surface area contributed by atoms with Crippen LogP contribution in [0.25, 0.3) is 0 Å². The molecule has 0 aromatic heterocycles. The molecule has 2 atom stereocenters. The summed E-state index contributed by atoms with van der Waals surface area (Å²) >= 11 is 0. The Morgan fingerprint density at radius 3 is 2.86 bits per heavy atom. The Kier molecular flexibility index (Phi) is 5.82. The maximum atomic E-state index is 13.5. The maximum Gasteiger partial charge on any atom is 0.161 e. The number of aliphatic hydroxyl groups is 1. The molecule has 0 amide bonds. The lowest BCUT2D eigenvalue weighted by molar-refractivity contribution is 0.153. The first-order valence-electron chi connectivity index (χ1n) is 7.46. The van der Waals surface area contributed by atoms with Crippen LogP contribution in [0.3, 0.4) is 0 Å². The van der Waals surface area contributed by atoms with E-state index in [0.29, 0.717) is 37.6 Å². The van der Waals surface area contributed by atoms with Crippen molar-refractivity contribution in [3.8, 4) is 11.5 Å². The molecule has 1 heterocycles. The molecular weight excluding hydrogens is 273 g/mol. The summed E-state index contributed by atoms with van der Waals surface area (Å²) in [6, 6.07) is 5.67. The number of hydrogen-bond acceptors (Lipinski definition) is 4. The molecule has 0 radical (unpaired) electrons. The monoisotopic (exact) mass is 297 g/mol. The Bertz CT molecular complexity index is 455. The predicted octanol–water partition coefficient (Wildman–Crippen LogP) is 2.39. The third-order valence-electron chi connectivity index (χ3n) is 3.76. The minimum absolute atomic E-state index is 0.00420. The van der Waals surface area contributed by atoms with Crippen molar-refractivity contribution in [2.75, 3.05) is 26.9 Å². The van der Waals surface area contributed by atoms with Crippen LogP contribution >= 0.6 is 0 Å². The summed E-state index contributed by atoms with van der Waals surface area (Å²) in [4.78, 5) is 1.98. The lowest BCUT2D eigenvalue weighted by Gasteiger charge is -2.22. The summed E-state index contributed by atoms with van der Waals surface area (Å²) in [7, 11) is 1.61. The number of nitrogens with zero attached hydrogens (tertiary/aromatic N) is 1. The smallest absolute Gasteiger partial charge is 0.161 e. The van der Waals surface area contributed by atoms with E-state index < -0.39 is 6.17 Å². The summed E-state index contributed by atoms with van der Waals surface area (Å²) in [5, 5.41) is 9.33. The number of rotatable bonds is 7. The Balaban J connectivity index is 2.09. The maximum absolute atomic E-state index is 13.5. The molecular formula is C16H24FNO3. The number of ether oxygens (including phenoxy) is 2. The summed E-state index contributed by atoms with van der Waals surface area (Å²) < 4.78 is 24.5. The van der Waals surface area contributed by atoms with Crippen LogP contribution in [0, 0.1) is 0 Å². The molecule has 118 valence electrons. The van der Waals surface area contributed by atoms with Crippen molar-refractivity contribution in [2.24, 2.45) is 0 Å². The number of hydrogen-bond donors (Lipinski definition) is 1. The minimum atomic E-state index is -0.851. The average molecular weight is 297 g/mol. The van der Waals surface area contributed by atoms with E-state index in [1.807, 2.05) is 30.0 Å². The molecule has 0 saturated carbocycles. The molecule has 1 aliphatic rings. The van der Waals surface area contributed by atoms with Gasteiger partial charge < -0.3 is 14.6 Å². The van der Waals surface area contributed by atoms with E-state index in [0.717, 1.165) is 12.0 Å². The fourth-order valence-electron chi connectivity index (χ4n) is 2.68. The zero-order valence-corrected chi connectivity index (χ0v) is 12.7.